The average Bonchev–Trinajstić information content (AvgIpc) is 2.84. The van der Waals surface area contributed by atoms with Crippen molar-refractivity contribution in [1.82, 2.24) is 15.2 Å². The number of aliphatic carboxylic acids is 1. The highest BCUT2D eigenvalue weighted by atomic mass is 16.4. The molecule has 1 heterocycles. The van der Waals surface area contributed by atoms with Crippen LogP contribution in [0.2, 0.25) is 0 Å². The summed E-state index contributed by atoms with van der Waals surface area (Å²) in [5.74, 6) is 0.126. The molecule has 19 heavy (non-hydrogen) atoms. The first-order valence-corrected chi connectivity index (χ1v) is 6.16. The van der Waals surface area contributed by atoms with Crippen LogP contribution in [-0.2, 0) is 17.8 Å². The molecule has 1 rings (SSSR count). The van der Waals surface area contributed by atoms with E-state index < -0.39 is 18.0 Å². The van der Waals surface area contributed by atoms with Crippen molar-refractivity contribution in [3.63, 3.8) is 0 Å². The second-order valence-electron chi connectivity index (χ2n) is 4.11. The van der Waals surface area contributed by atoms with Crippen molar-refractivity contribution in [2.45, 2.75) is 39.3 Å². The maximum atomic E-state index is 11.8. The quantitative estimate of drug-likeness (QED) is 0.810. The Morgan fingerprint density at radius 3 is 2.68 bits per heavy atom. The Labute approximate surface area is 111 Å². The van der Waals surface area contributed by atoms with Crippen LogP contribution >= 0.6 is 0 Å². The molecule has 2 N–H and O–H groups in total. The minimum atomic E-state index is -1.02. The molecule has 2 amide bonds. The largest absolute Gasteiger partial charge is 0.480 e. The summed E-state index contributed by atoms with van der Waals surface area (Å²) in [5.41, 5.74) is 0. The highest BCUT2D eigenvalue weighted by molar-refractivity contribution is 5.82. The number of rotatable bonds is 6. The molecular formula is C12H19N3O4. The summed E-state index contributed by atoms with van der Waals surface area (Å²) in [5, 5.41) is 11.5. The molecule has 0 fully saturated rings. The Balaban J connectivity index is 2.52. The lowest BCUT2D eigenvalue weighted by Crippen LogP contribution is -2.46. The summed E-state index contributed by atoms with van der Waals surface area (Å²) in [7, 11) is 1.45. The highest BCUT2D eigenvalue weighted by Gasteiger charge is 2.24. The minimum Gasteiger partial charge on any atom is -0.480 e. The summed E-state index contributed by atoms with van der Waals surface area (Å²) in [6.45, 7) is 3.79. The molecule has 1 aromatic heterocycles. The van der Waals surface area contributed by atoms with E-state index in [4.69, 9.17) is 9.52 Å². The third-order valence-corrected chi connectivity index (χ3v) is 2.80. The maximum absolute atomic E-state index is 11.8. The Kier molecular flexibility index (Phi) is 5.35. The van der Waals surface area contributed by atoms with Gasteiger partial charge in [-0.25, -0.2) is 14.6 Å². The van der Waals surface area contributed by atoms with Crippen LogP contribution in [0.15, 0.2) is 10.6 Å². The van der Waals surface area contributed by atoms with Crippen LogP contribution in [0, 0.1) is 0 Å². The summed E-state index contributed by atoms with van der Waals surface area (Å²) in [6, 6.07) is -1.30. The number of aromatic nitrogens is 1. The van der Waals surface area contributed by atoms with E-state index in [1.165, 1.54) is 7.05 Å². The molecule has 1 aromatic rings. The number of carbonyl (C=O) groups is 2. The van der Waals surface area contributed by atoms with Gasteiger partial charge in [0.15, 0.2) is 0 Å². The van der Waals surface area contributed by atoms with Crippen LogP contribution in [0.3, 0.4) is 0 Å². The van der Waals surface area contributed by atoms with E-state index >= 15 is 0 Å². The fourth-order valence-electron chi connectivity index (χ4n) is 1.62. The first-order valence-electron chi connectivity index (χ1n) is 6.16. The van der Waals surface area contributed by atoms with Crippen molar-refractivity contribution in [2.75, 3.05) is 7.05 Å². The number of nitrogens with zero attached hydrogens (tertiary/aromatic N) is 2. The van der Waals surface area contributed by atoms with Gasteiger partial charge in [-0.15, -0.1) is 0 Å². The molecule has 0 radical (unpaired) electrons. The van der Waals surface area contributed by atoms with Gasteiger partial charge in [-0.2, -0.15) is 0 Å². The zero-order chi connectivity index (χ0) is 14.4. The molecule has 1 atom stereocenters. The topological polar surface area (TPSA) is 95.7 Å². The number of carboxylic acid groups (broad SMARTS) is 1. The Morgan fingerprint density at radius 2 is 2.21 bits per heavy atom. The molecule has 0 saturated carbocycles. The molecule has 0 aliphatic carbocycles. The van der Waals surface area contributed by atoms with Crippen molar-refractivity contribution < 1.29 is 19.1 Å². The number of carbonyl (C=O) groups excluding carboxylic acids is 1. The lowest BCUT2D eigenvalue weighted by molar-refractivity contribution is -0.141. The fourth-order valence-corrected chi connectivity index (χ4v) is 1.62. The zero-order valence-electron chi connectivity index (χ0n) is 11.3. The number of nitrogens with one attached hydrogen (secondary N) is 1. The number of amides is 2. The molecule has 7 heteroatoms. The summed E-state index contributed by atoms with van der Waals surface area (Å²) >= 11 is 0. The van der Waals surface area contributed by atoms with Gasteiger partial charge in [-0.1, -0.05) is 13.8 Å². The Morgan fingerprint density at radius 1 is 1.53 bits per heavy atom. The van der Waals surface area contributed by atoms with E-state index in [2.05, 4.69) is 10.3 Å². The van der Waals surface area contributed by atoms with Crippen LogP contribution in [0.25, 0.3) is 0 Å². The normalized spacial score (nSPS) is 11.9. The number of urea groups is 1. The molecule has 0 bridgehead atoms. The van der Waals surface area contributed by atoms with Gasteiger partial charge in [0.1, 0.15) is 11.8 Å². The molecule has 0 aliphatic heterocycles. The summed E-state index contributed by atoms with van der Waals surface area (Å²) < 4.78 is 5.34. The van der Waals surface area contributed by atoms with E-state index in [0.717, 1.165) is 17.1 Å². The van der Waals surface area contributed by atoms with Crippen molar-refractivity contribution in [3.8, 4) is 0 Å². The molecule has 0 aliphatic rings. The Bertz CT molecular complexity index is 444. The highest BCUT2D eigenvalue weighted by Crippen LogP contribution is 2.05. The van der Waals surface area contributed by atoms with Crippen molar-refractivity contribution in [2.24, 2.45) is 0 Å². The van der Waals surface area contributed by atoms with Gasteiger partial charge in [0.25, 0.3) is 0 Å². The van der Waals surface area contributed by atoms with Gasteiger partial charge in [0, 0.05) is 13.5 Å². The van der Waals surface area contributed by atoms with Gasteiger partial charge in [0.2, 0.25) is 5.89 Å². The zero-order valence-corrected chi connectivity index (χ0v) is 11.3. The smallest absolute Gasteiger partial charge is 0.326 e. The predicted molar refractivity (Wildman–Crippen MR) is 67.6 cm³/mol. The number of oxazole rings is 1. The third-order valence-electron chi connectivity index (χ3n) is 2.80. The second-order valence-corrected chi connectivity index (χ2v) is 4.11. The van der Waals surface area contributed by atoms with Gasteiger partial charge in [0.05, 0.1) is 12.7 Å². The molecule has 0 spiro atoms. The van der Waals surface area contributed by atoms with E-state index in [0.29, 0.717) is 12.3 Å². The van der Waals surface area contributed by atoms with E-state index in [-0.39, 0.29) is 6.54 Å². The summed E-state index contributed by atoms with van der Waals surface area (Å²) in [6.07, 6.45) is 2.69. The average molecular weight is 269 g/mol. The minimum absolute atomic E-state index is 0.138. The maximum Gasteiger partial charge on any atom is 0.326 e. The number of hydrogen-bond acceptors (Lipinski definition) is 4. The van der Waals surface area contributed by atoms with Crippen molar-refractivity contribution in [3.05, 3.63) is 17.8 Å². The summed E-state index contributed by atoms with van der Waals surface area (Å²) in [4.78, 5) is 27.9. The van der Waals surface area contributed by atoms with Crippen LogP contribution in [0.5, 0.6) is 0 Å². The van der Waals surface area contributed by atoms with Crippen molar-refractivity contribution >= 4 is 12.0 Å². The SMILES string of the molecule is CCc1cnc(CNC(=O)N(C)C(CC)C(=O)O)o1. The molecule has 1 unspecified atom stereocenters. The predicted octanol–water partition coefficient (Wildman–Crippen LogP) is 1.24. The fraction of sp³-hybridized carbons (Fsp3) is 0.583. The van der Waals surface area contributed by atoms with Gasteiger partial charge in [-0.3, -0.25) is 0 Å². The second kappa shape index (κ2) is 6.77. The number of hydrogen-bond donors (Lipinski definition) is 2. The first kappa shape index (κ1) is 15.0. The van der Waals surface area contributed by atoms with E-state index in [9.17, 15) is 9.59 Å². The third kappa shape index (κ3) is 3.97. The van der Waals surface area contributed by atoms with Gasteiger partial charge in [-0.05, 0) is 6.42 Å². The van der Waals surface area contributed by atoms with E-state index in [1.807, 2.05) is 6.92 Å². The molecule has 0 saturated heterocycles. The van der Waals surface area contributed by atoms with Crippen molar-refractivity contribution in [1.29, 1.82) is 0 Å². The number of carboxylic acids is 1. The number of likely N-dealkylation sites (N-methyl/N-ethyl adjacent to an activating group) is 1. The van der Waals surface area contributed by atoms with Crippen LogP contribution in [-0.4, -0.2) is 40.1 Å². The molecular weight excluding hydrogens is 250 g/mol. The monoisotopic (exact) mass is 269 g/mol. The number of aryl methyl sites for hydroxylation is 1. The lowest BCUT2D eigenvalue weighted by Gasteiger charge is -2.23. The van der Waals surface area contributed by atoms with Crippen LogP contribution in [0.1, 0.15) is 31.9 Å². The molecule has 7 nitrogen and oxygen atoms in total. The first-order chi connectivity index (χ1) is 8.99. The van der Waals surface area contributed by atoms with Gasteiger partial charge >= 0.3 is 12.0 Å². The van der Waals surface area contributed by atoms with E-state index in [1.54, 1.807) is 13.1 Å². The van der Waals surface area contributed by atoms with Gasteiger partial charge < -0.3 is 19.7 Å². The molecule has 106 valence electrons. The van der Waals surface area contributed by atoms with Crippen LogP contribution < -0.4 is 5.32 Å². The Hall–Kier alpha value is -2.05. The lowest BCUT2D eigenvalue weighted by atomic mass is 10.2. The molecule has 0 aromatic carbocycles. The van der Waals surface area contributed by atoms with Crippen LogP contribution in [0.4, 0.5) is 4.79 Å². The standard InChI is InChI=1S/C12H19N3O4/c1-4-8-6-13-10(19-8)7-14-12(18)15(3)9(5-2)11(16)17/h6,9H,4-5,7H2,1-3H3,(H,14,18)(H,16,17).